The summed E-state index contributed by atoms with van der Waals surface area (Å²) in [6, 6.07) is 5.17. The third kappa shape index (κ3) is 4.24. The minimum absolute atomic E-state index is 0.0145. The van der Waals surface area contributed by atoms with Gasteiger partial charge in [-0.05, 0) is 42.5 Å². The minimum atomic E-state index is -0.919. The Kier molecular flexibility index (Phi) is 4.95. The van der Waals surface area contributed by atoms with Crippen molar-refractivity contribution in [1.82, 2.24) is 0 Å². The SMILES string of the molecule is Cc1cc(C(=O)O)ccc1NC(CCO)C(C)(C)C. The number of aliphatic hydroxyl groups excluding tert-OH is 1. The number of carbonyl (C=O) groups is 1. The fraction of sp³-hybridized carbons (Fsp3) is 0.533. The first-order chi connectivity index (χ1) is 8.75. The van der Waals surface area contributed by atoms with Gasteiger partial charge >= 0.3 is 5.97 Å². The predicted molar refractivity (Wildman–Crippen MR) is 76.7 cm³/mol. The molecule has 106 valence electrons. The Labute approximate surface area is 114 Å². The lowest BCUT2D eigenvalue weighted by Crippen LogP contribution is -2.35. The standard InChI is InChI=1S/C15H23NO3/c1-10-9-11(14(18)19)5-6-12(10)16-13(7-8-17)15(2,3)4/h5-6,9,13,16-17H,7-8H2,1-4H3,(H,18,19). The molecule has 19 heavy (non-hydrogen) atoms. The Balaban J connectivity index is 2.94. The first kappa shape index (κ1) is 15.5. The largest absolute Gasteiger partial charge is 0.478 e. The van der Waals surface area contributed by atoms with E-state index in [1.165, 1.54) is 0 Å². The molecule has 1 unspecified atom stereocenters. The molecule has 0 aromatic heterocycles. The average Bonchev–Trinajstić information content (AvgIpc) is 2.29. The maximum atomic E-state index is 10.9. The van der Waals surface area contributed by atoms with Crippen LogP contribution in [0.15, 0.2) is 18.2 Å². The van der Waals surface area contributed by atoms with Crippen LogP contribution in [0.5, 0.6) is 0 Å². The zero-order chi connectivity index (χ0) is 14.6. The summed E-state index contributed by atoms with van der Waals surface area (Å²) >= 11 is 0. The fourth-order valence-corrected chi connectivity index (χ4v) is 2.00. The average molecular weight is 265 g/mol. The number of aromatic carboxylic acids is 1. The molecule has 1 atom stereocenters. The van der Waals surface area contributed by atoms with Gasteiger partial charge < -0.3 is 15.5 Å². The van der Waals surface area contributed by atoms with Gasteiger partial charge in [0, 0.05) is 18.3 Å². The quantitative estimate of drug-likeness (QED) is 0.765. The van der Waals surface area contributed by atoms with Crippen LogP contribution in [0.4, 0.5) is 5.69 Å². The van der Waals surface area contributed by atoms with Crippen molar-refractivity contribution in [3.05, 3.63) is 29.3 Å². The molecule has 1 rings (SSSR count). The number of anilines is 1. The van der Waals surface area contributed by atoms with Crippen molar-refractivity contribution < 1.29 is 15.0 Å². The van der Waals surface area contributed by atoms with Gasteiger partial charge in [0.05, 0.1) is 5.56 Å². The van der Waals surface area contributed by atoms with Gasteiger partial charge in [0.1, 0.15) is 0 Å². The van der Waals surface area contributed by atoms with Crippen molar-refractivity contribution in [2.24, 2.45) is 5.41 Å². The van der Waals surface area contributed by atoms with Crippen molar-refractivity contribution >= 4 is 11.7 Å². The Hall–Kier alpha value is -1.55. The highest BCUT2D eigenvalue weighted by Gasteiger charge is 2.24. The van der Waals surface area contributed by atoms with E-state index >= 15 is 0 Å². The van der Waals surface area contributed by atoms with Gasteiger partial charge in [0.25, 0.3) is 0 Å². The molecule has 4 heteroatoms. The van der Waals surface area contributed by atoms with Gasteiger partial charge in [0.15, 0.2) is 0 Å². The van der Waals surface area contributed by atoms with Crippen LogP contribution in [0, 0.1) is 12.3 Å². The maximum absolute atomic E-state index is 10.9. The Morgan fingerprint density at radius 2 is 2.00 bits per heavy atom. The van der Waals surface area contributed by atoms with E-state index in [4.69, 9.17) is 10.2 Å². The molecular weight excluding hydrogens is 242 g/mol. The number of hydrogen-bond donors (Lipinski definition) is 3. The maximum Gasteiger partial charge on any atom is 0.335 e. The summed E-state index contributed by atoms with van der Waals surface area (Å²) in [4.78, 5) is 10.9. The summed E-state index contributed by atoms with van der Waals surface area (Å²) < 4.78 is 0. The molecule has 1 aromatic rings. The van der Waals surface area contributed by atoms with Crippen LogP contribution in [0.25, 0.3) is 0 Å². The van der Waals surface area contributed by atoms with Gasteiger partial charge in [-0.1, -0.05) is 20.8 Å². The number of benzene rings is 1. The molecule has 3 N–H and O–H groups in total. The first-order valence-corrected chi connectivity index (χ1v) is 6.47. The Morgan fingerprint density at radius 3 is 2.42 bits per heavy atom. The molecular formula is C15H23NO3. The molecule has 4 nitrogen and oxygen atoms in total. The van der Waals surface area contributed by atoms with Gasteiger partial charge in [-0.2, -0.15) is 0 Å². The number of nitrogens with one attached hydrogen (secondary N) is 1. The van der Waals surface area contributed by atoms with E-state index in [0.717, 1.165) is 11.3 Å². The molecule has 0 heterocycles. The van der Waals surface area contributed by atoms with Crippen molar-refractivity contribution in [3.63, 3.8) is 0 Å². The first-order valence-electron chi connectivity index (χ1n) is 6.47. The Morgan fingerprint density at radius 1 is 1.37 bits per heavy atom. The molecule has 0 bridgehead atoms. The van der Waals surface area contributed by atoms with Crippen LogP contribution in [-0.4, -0.2) is 28.8 Å². The molecule has 0 aliphatic rings. The molecule has 0 radical (unpaired) electrons. The number of aryl methyl sites for hydroxylation is 1. The van der Waals surface area contributed by atoms with E-state index in [0.29, 0.717) is 6.42 Å². The normalized spacial score (nSPS) is 13.1. The predicted octanol–water partition coefficient (Wildman–Crippen LogP) is 2.90. The minimum Gasteiger partial charge on any atom is -0.478 e. The zero-order valence-electron chi connectivity index (χ0n) is 12.0. The summed E-state index contributed by atoms with van der Waals surface area (Å²) in [7, 11) is 0. The monoisotopic (exact) mass is 265 g/mol. The topological polar surface area (TPSA) is 69.6 Å². The van der Waals surface area contributed by atoms with E-state index in [-0.39, 0.29) is 23.6 Å². The summed E-state index contributed by atoms with van der Waals surface area (Å²) in [5.74, 6) is -0.919. The molecule has 0 saturated carbocycles. The van der Waals surface area contributed by atoms with Crippen molar-refractivity contribution in [1.29, 1.82) is 0 Å². The van der Waals surface area contributed by atoms with E-state index in [1.54, 1.807) is 18.2 Å². The molecule has 0 aliphatic heterocycles. The van der Waals surface area contributed by atoms with Gasteiger partial charge in [0.2, 0.25) is 0 Å². The van der Waals surface area contributed by atoms with E-state index in [1.807, 2.05) is 6.92 Å². The summed E-state index contributed by atoms with van der Waals surface area (Å²) in [5, 5.41) is 21.5. The van der Waals surface area contributed by atoms with Gasteiger partial charge in [-0.25, -0.2) is 4.79 Å². The van der Waals surface area contributed by atoms with Crippen LogP contribution >= 0.6 is 0 Å². The smallest absolute Gasteiger partial charge is 0.335 e. The Bertz CT molecular complexity index is 449. The molecule has 0 amide bonds. The summed E-state index contributed by atoms with van der Waals surface area (Å²) in [6.45, 7) is 8.35. The second-order valence-corrected chi connectivity index (χ2v) is 5.91. The molecule has 0 aliphatic carbocycles. The second-order valence-electron chi connectivity index (χ2n) is 5.91. The van der Waals surface area contributed by atoms with Crippen LogP contribution in [0.1, 0.15) is 43.1 Å². The van der Waals surface area contributed by atoms with Gasteiger partial charge in [-0.15, -0.1) is 0 Å². The lowest BCUT2D eigenvalue weighted by Gasteiger charge is -2.32. The third-order valence-corrected chi connectivity index (χ3v) is 3.27. The fourth-order valence-electron chi connectivity index (χ4n) is 2.00. The molecule has 0 fully saturated rings. The third-order valence-electron chi connectivity index (χ3n) is 3.27. The van der Waals surface area contributed by atoms with E-state index in [9.17, 15) is 4.79 Å². The van der Waals surface area contributed by atoms with Crippen molar-refractivity contribution in [3.8, 4) is 0 Å². The molecule has 0 saturated heterocycles. The highest BCUT2D eigenvalue weighted by molar-refractivity contribution is 5.88. The summed E-state index contributed by atoms with van der Waals surface area (Å²) in [5.41, 5.74) is 2.11. The number of carboxylic acids is 1. The van der Waals surface area contributed by atoms with Crippen molar-refractivity contribution in [2.75, 3.05) is 11.9 Å². The second kappa shape index (κ2) is 6.06. The van der Waals surface area contributed by atoms with E-state index in [2.05, 4.69) is 26.1 Å². The van der Waals surface area contributed by atoms with E-state index < -0.39 is 5.97 Å². The number of aliphatic hydroxyl groups is 1. The number of rotatable bonds is 5. The van der Waals surface area contributed by atoms with Crippen LogP contribution in [0.2, 0.25) is 0 Å². The number of hydrogen-bond acceptors (Lipinski definition) is 3. The molecule has 1 aromatic carbocycles. The zero-order valence-corrected chi connectivity index (χ0v) is 12.0. The van der Waals surface area contributed by atoms with Crippen LogP contribution in [-0.2, 0) is 0 Å². The van der Waals surface area contributed by atoms with Gasteiger partial charge in [-0.3, -0.25) is 0 Å². The highest BCUT2D eigenvalue weighted by atomic mass is 16.4. The number of carboxylic acid groups (broad SMARTS) is 1. The van der Waals surface area contributed by atoms with Crippen LogP contribution < -0.4 is 5.32 Å². The lowest BCUT2D eigenvalue weighted by molar-refractivity contribution is 0.0697. The van der Waals surface area contributed by atoms with Crippen LogP contribution in [0.3, 0.4) is 0 Å². The molecule has 0 spiro atoms. The highest BCUT2D eigenvalue weighted by Crippen LogP contribution is 2.27. The summed E-state index contributed by atoms with van der Waals surface area (Å²) in [6.07, 6.45) is 0.656. The van der Waals surface area contributed by atoms with Crippen molar-refractivity contribution in [2.45, 2.75) is 40.2 Å². The lowest BCUT2D eigenvalue weighted by atomic mass is 9.84.